The van der Waals surface area contributed by atoms with Gasteiger partial charge >= 0.3 is 12.1 Å². The third-order valence-electron chi connectivity index (χ3n) is 3.49. The fourth-order valence-electron chi connectivity index (χ4n) is 2.54. The Hall–Kier alpha value is -2.32. The van der Waals surface area contributed by atoms with Gasteiger partial charge in [0.05, 0.1) is 13.0 Å². The van der Waals surface area contributed by atoms with Crippen LogP contribution in [0.25, 0.3) is 0 Å². The lowest BCUT2D eigenvalue weighted by atomic mass is 9.87. The molecular weight excluding hydrogens is 327 g/mol. The zero-order valence-corrected chi connectivity index (χ0v) is 11.9. The highest BCUT2D eigenvalue weighted by molar-refractivity contribution is 5.76. The van der Waals surface area contributed by atoms with E-state index in [9.17, 15) is 26.7 Å². The molecule has 1 aromatic carbocycles. The molecule has 1 aliphatic heterocycles. The average molecular weight is 338 g/mol. The minimum atomic E-state index is -4.90. The Morgan fingerprint density at radius 2 is 1.91 bits per heavy atom. The molecule has 23 heavy (non-hydrogen) atoms. The summed E-state index contributed by atoms with van der Waals surface area (Å²) in [6.45, 7) is 1.02. The maximum absolute atomic E-state index is 13.8. The van der Waals surface area contributed by atoms with Crippen LogP contribution in [-0.4, -0.2) is 30.5 Å². The molecule has 0 saturated heterocycles. The van der Waals surface area contributed by atoms with E-state index in [0.717, 1.165) is 20.1 Å². The first-order valence-electron chi connectivity index (χ1n) is 6.28. The molecule has 4 nitrogen and oxygen atoms in total. The largest absolute Gasteiger partial charge is 0.493 e. The number of carbonyl (C=O) groups is 1. The third-order valence-corrected chi connectivity index (χ3v) is 3.49. The summed E-state index contributed by atoms with van der Waals surface area (Å²) in [5, 5.41) is 9.11. The van der Waals surface area contributed by atoms with Crippen molar-refractivity contribution in [3.05, 3.63) is 40.7 Å². The number of hydrogen-bond donors (Lipinski definition) is 1. The number of hydrogen-bond acceptors (Lipinski definition) is 3. The second-order valence-corrected chi connectivity index (χ2v) is 4.85. The molecule has 0 spiro atoms. The summed E-state index contributed by atoms with van der Waals surface area (Å²) in [5.41, 5.74) is -0.690. The van der Waals surface area contributed by atoms with Gasteiger partial charge in [0, 0.05) is 5.56 Å². The van der Waals surface area contributed by atoms with Gasteiger partial charge in [-0.25, -0.2) is 9.18 Å². The highest BCUT2D eigenvalue weighted by atomic mass is 19.4. The molecule has 2 rings (SSSR count). The van der Waals surface area contributed by atoms with E-state index in [1.54, 1.807) is 0 Å². The van der Waals surface area contributed by atoms with Crippen LogP contribution in [0, 0.1) is 11.6 Å². The Bertz CT molecular complexity index is 680. The van der Waals surface area contributed by atoms with E-state index in [2.05, 4.69) is 4.74 Å². The lowest BCUT2D eigenvalue weighted by molar-refractivity contribution is -0.158. The van der Waals surface area contributed by atoms with Crippen molar-refractivity contribution in [2.24, 2.45) is 0 Å². The first kappa shape index (κ1) is 17.0. The van der Waals surface area contributed by atoms with Gasteiger partial charge in [0.25, 0.3) is 0 Å². The summed E-state index contributed by atoms with van der Waals surface area (Å²) in [6, 6.07) is 1.66. The summed E-state index contributed by atoms with van der Waals surface area (Å²) >= 11 is 0. The molecule has 1 N–H and O–H groups in total. The monoisotopic (exact) mass is 338 g/mol. The molecule has 0 amide bonds. The maximum atomic E-state index is 13.8. The number of alkyl halides is 3. The van der Waals surface area contributed by atoms with Gasteiger partial charge in [0.15, 0.2) is 11.6 Å². The fourth-order valence-corrected chi connectivity index (χ4v) is 2.54. The van der Waals surface area contributed by atoms with Crippen molar-refractivity contribution in [2.45, 2.75) is 25.1 Å². The first-order chi connectivity index (χ1) is 10.6. The highest BCUT2D eigenvalue weighted by Gasteiger charge is 2.51. The summed E-state index contributed by atoms with van der Waals surface area (Å²) < 4.78 is 75.0. The summed E-state index contributed by atoms with van der Waals surface area (Å²) in [4.78, 5) is 11.2. The second kappa shape index (κ2) is 5.71. The first-order valence-corrected chi connectivity index (χ1v) is 6.28. The van der Waals surface area contributed by atoms with Gasteiger partial charge in [-0.1, -0.05) is 6.07 Å². The standard InChI is InChI=1S/C14H11F5O4/c1-5-8(6-3-4-7(15)9(16)10(6)22-2)11(13(20)21)23-12(5)14(17,18)19/h3-4,8,11H,1-2H3,(H,20,21)/t8-,11+/m0/s1. The smallest absolute Gasteiger partial charge is 0.448 e. The number of benzene rings is 1. The Labute approximate surface area is 127 Å². The predicted molar refractivity (Wildman–Crippen MR) is 66.9 cm³/mol. The van der Waals surface area contributed by atoms with Gasteiger partial charge in [-0.15, -0.1) is 0 Å². The van der Waals surface area contributed by atoms with Gasteiger partial charge in [0.2, 0.25) is 17.7 Å². The van der Waals surface area contributed by atoms with Crippen molar-refractivity contribution >= 4 is 5.97 Å². The van der Waals surface area contributed by atoms with Crippen molar-refractivity contribution in [1.29, 1.82) is 0 Å². The van der Waals surface area contributed by atoms with Crippen LogP contribution in [-0.2, 0) is 9.53 Å². The molecule has 2 atom stereocenters. The molecule has 0 saturated carbocycles. The van der Waals surface area contributed by atoms with E-state index in [4.69, 9.17) is 9.84 Å². The molecule has 0 aliphatic carbocycles. The molecular formula is C14H11F5O4. The van der Waals surface area contributed by atoms with E-state index in [1.807, 2.05) is 0 Å². The Morgan fingerprint density at radius 1 is 1.30 bits per heavy atom. The lowest BCUT2D eigenvalue weighted by Crippen LogP contribution is -2.28. The van der Waals surface area contributed by atoms with Crippen LogP contribution in [0.15, 0.2) is 23.5 Å². The molecule has 0 fully saturated rings. The molecule has 0 unspecified atom stereocenters. The van der Waals surface area contributed by atoms with E-state index >= 15 is 0 Å². The summed E-state index contributed by atoms with van der Waals surface area (Å²) in [7, 11) is 0.997. The Kier molecular flexibility index (Phi) is 4.23. The van der Waals surface area contributed by atoms with E-state index in [0.29, 0.717) is 6.07 Å². The van der Waals surface area contributed by atoms with Crippen LogP contribution in [0.1, 0.15) is 18.4 Å². The minimum absolute atomic E-state index is 0.240. The molecule has 1 heterocycles. The van der Waals surface area contributed by atoms with Crippen molar-refractivity contribution in [3.63, 3.8) is 0 Å². The Morgan fingerprint density at radius 3 is 2.39 bits per heavy atom. The number of carboxylic acid groups (broad SMARTS) is 1. The van der Waals surface area contributed by atoms with Crippen LogP contribution >= 0.6 is 0 Å². The quantitative estimate of drug-likeness (QED) is 0.859. The summed E-state index contributed by atoms with van der Waals surface area (Å²) in [5.74, 6) is -7.93. The normalized spacial score (nSPS) is 21.3. The number of rotatable bonds is 3. The number of allylic oxidation sites excluding steroid dienone is 1. The van der Waals surface area contributed by atoms with Gasteiger partial charge in [0.1, 0.15) is 0 Å². The third kappa shape index (κ3) is 2.82. The van der Waals surface area contributed by atoms with Crippen LogP contribution in [0.3, 0.4) is 0 Å². The van der Waals surface area contributed by atoms with Crippen LogP contribution in [0.5, 0.6) is 5.75 Å². The van der Waals surface area contributed by atoms with Gasteiger partial charge in [-0.05, 0) is 18.6 Å². The van der Waals surface area contributed by atoms with Gasteiger partial charge in [-0.2, -0.15) is 17.6 Å². The molecule has 0 radical (unpaired) electrons. The van der Waals surface area contributed by atoms with Crippen LogP contribution < -0.4 is 4.74 Å². The summed E-state index contributed by atoms with van der Waals surface area (Å²) in [6.07, 6.45) is -6.83. The minimum Gasteiger partial charge on any atom is -0.493 e. The molecule has 126 valence electrons. The van der Waals surface area contributed by atoms with Gasteiger partial charge in [-0.3, -0.25) is 0 Å². The Balaban J connectivity index is 2.66. The maximum Gasteiger partial charge on any atom is 0.448 e. The zero-order chi connectivity index (χ0) is 17.5. The van der Waals surface area contributed by atoms with Crippen LogP contribution in [0.2, 0.25) is 0 Å². The molecule has 0 bridgehead atoms. The van der Waals surface area contributed by atoms with E-state index in [-0.39, 0.29) is 5.56 Å². The van der Waals surface area contributed by atoms with Crippen molar-refractivity contribution in [3.8, 4) is 5.75 Å². The number of ether oxygens (including phenoxy) is 2. The molecule has 0 aromatic heterocycles. The number of halogens is 5. The van der Waals surface area contributed by atoms with Crippen LogP contribution in [0.4, 0.5) is 22.0 Å². The molecule has 1 aromatic rings. The van der Waals surface area contributed by atoms with E-state index < -0.39 is 52.9 Å². The number of aliphatic carboxylic acids is 1. The van der Waals surface area contributed by atoms with Crippen molar-refractivity contribution in [2.75, 3.05) is 7.11 Å². The van der Waals surface area contributed by atoms with Crippen molar-refractivity contribution < 1.29 is 41.3 Å². The number of methoxy groups -OCH3 is 1. The fraction of sp³-hybridized carbons (Fsp3) is 0.357. The zero-order valence-electron chi connectivity index (χ0n) is 11.9. The average Bonchev–Trinajstić information content (AvgIpc) is 2.79. The molecule has 1 aliphatic rings. The molecule has 9 heteroatoms. The van der Waals surface area contributed by atoms with E-state index in [1.165, 1.54) is 0 Å². The number of carboxylic acids is 1. The lowest BCUT2D eigenvalue weighted by Gasteiger charge is -2.20. The van der Waals surface area contributed by atoms with Crippen molar-refractivity contribution in [1.82, 2.24) is 0 Å². The van der Waals surface area contributed by atoms with Gasteiger partial charge < -0.3 is 14.6 Å². The SMILES string of the molecule is COc1c([C@@H]2C(C)=C(C(F)(F)F)O[C@H]2C(=O)O)ccc(F)c1F. The topological polar surface area (TPSA) is 55.8 Å². The highest BCUT2D eigenvalue weighted by Crippen LogP contribution is 2.47. The predicted octanol–water partition coefficient (Wildman–Crippen LogP) is 3.38. The second-order valence-electron chi connectivity index (χ2n) is 4.85.